The summed E-state index contributed by atoms with van der Waals surface area (Å²) in [6.07, 6.45) is 2.16. The smallest absolute Gasteiger partial charge is 0.400 e. The van der Waals surface area contributed by atoms with Crippen molar-refractivity contribution >= 4 is 17.4 Å². The van der Waals surface area contributed by atoms with Crippen LogP contribution < -0.4 is 11.1 Å². The number of anilines is 2. The third-order valence-electron chi connectivity index (χ3n) is 5.25. The standard InChI is InChI=1S/C17H18F3N5O.C5H10O.CH4O/c18-17(19,20)11-2-1-3-13(8-11)24-15-9-14(22-10-23-15)16(26)25-6-4-12(21)5-7-25;1-2-4-6-5-3-1;1-2/h1-3,8-10,12H,4-7,21H2,(H,22,23,24);1-5H2;2H,1H3. The zero-order chi connectivity index (χ0) is 25.0. The summed E-state index contributed by atoms with van der Waals surface area (Å²) in [4.78, 5) is 22.1. The van der Waals surface area contributed by atoms with Crippen LogP contribution in [0.5, 0.6) is 0 Å². The number of aliphatic hydroxyl groups excluding tert-OH is 1. The lowest BCUT2D eigenvalue weighted by Gasteiger charge is -2.29. The number of carbonyl (C=O) groups excluding carboxylic acids is 1. The van der Waals surface area contributed by atoms with Crippen molar-refractivity contribution in [1.82, 2.24) is 14.9 Å². The first kappa shape index (κ1) is 27.5. The highest BCUT2D eigenvalue weighted by Gasteiger charge is 2.30. The van der Waals surface area contributed by atoms with Gasteiger partial charge in [-0.3, -0.25) is 4.79 Å². The number of hydrogen-bond donors (Lipinski definition) is 3. The Labute approximate surface area is 197 Å². The van der Waals surface area contributed by atoms with Crippen molar-refractivity contribution < 1.29 is 27.8 Å². The van der Waals surface area contributed by atoms with Crippen LogP contribution in [0.1, 0.15) is 48.2 Å². The first-order chi connectivity index (χ1) is 16.3. The Balaban J connectivity index is 0.000000437. The molecule has 0 radical (unpaired) electrons. The summed E-state index contributed by atoms with van der Waals surface area (Å²) in [5, 5.41) is 9.78. The molecule has 4 rings (SSSR count). The van der Waals surface area contributed by atoms with Crippen LogP contribution in [0, 0.1) is 0 Å². The highest BCUT2D eigenvalue weighted by molar-refractivity contribution is 5.93. The topological polar surface area (TPSA) is 114 Å². The van der Waals surface area contributed by atoms with Crippen LogP contribution in [0.25, 0.3) is 0 Å². The number of nitrogens with one attached hydrogen (secondary N) is 1. The summed E-state index contributed by atoms with van der Waals surface area (Å²) >= 11 is 0. The first-order valence-corrected chi connectivity index (χ1v) is 11.2. The summed E-state index contributed by atoms with van der Waals surface area (Å²) < 4.78 is 43.5. The van der Waals surface area contributed by atoms with E-state index in [2.05, 4.69) is 15.3 Å². The molecule has 0 unspecified atom stereocenters. The van der Waals surface area contributed by atoms with E-state index < -0.39 is 11.7 Å². The van der Waals surface area contributed by atoms with Crippen LogP contribution in [-0.2, 0) is 10.9 Å². The van der Waals surface area contributed by atoms with Crippen molar-refractivity contribution in [2.75, 3.05) is 38.7 Å². The van der Waals surface area contributed by atoms with Crippen molar-refractivity contribution in [2.45, 2.75) is 44.3 Å². The molecule has 2 fully saturated rings. The van der Waals surface area contributed by atoms with E-state index in [9.17, 15) is 18.0 Å². The van der Waals surface area contributed by atoms with E-state index >= 15 is 0 Å². The number of rotatable bonds is 3. The molecule has 34 heavy (non-hydrogen) atoms. The maximum Gasteiger partial charge on any atom is 0.416 e. The van der Waals surface area contributed by atoms with E-state index in [0.717, 1.165) is 45.3 Å². The molecule has 11 heteroatoms. The van der Waals surface area contributed by atoms with Gasteiger partial charge >= 0.3 is 6.18 Å². The molecule has 0 spiro atoms. The Morgan fingerprint density at radius 3 is 2.35 bits per heavy atom. The first-order valence-electron chi connectivity index (χ1n) is 11.2. The summed E-state index contributed by atoms with van der Waals surface area (Å²) in [5.41, 5.74) is 5.48. The molecule has 2 aliphatic heterocycles. The molecule has 4 N–H and O–H groups in total. The number of nitrogens with two attached hydrogens (primary N) is 1. The van der Waals surface area contributed by atoms with Gasteiger partial charge in [0.25, 0.3) is 5.91 Å². The second-order valence-electron chi connectivity index (χ2n) is 7.79. The Morgan fingerprint density at radius 1 is 1.12 bits per heavy atom. The average Bonchev–Trinajstić information content (AvgIpc) is 2.87. The van der Waals surface area contributed by atoms with Crippen molar-refractivity contribution in [2.24, 2.45) is 5.73 Å². The highest BCUT2D eigenvalue weighted by Crippen LogP contribution is 2.31. The largest absolute Gasteiger partial charge is 0.416 e. The summed E-state index contributed by atoms with van der Waals surface area (Å²) in [5.74, 6) is 0.00257. The molecule has 1 amide bonds. The van der Waals surface area contributed by atoms with Gasteiger partial charge in [0.1, 0.15) is 17.8 Å². The number of hydrogen-bond acceptors (Lipinski definition) is 7. The highest BCUT2D eigenvalue weighted by atomic mass is 19.4. The number of ether oxygens (including phenoxy) is 1. The molecule has 188 valence electrons. The fraction of sp³-hybridized carbons (Fsp3) is 0.522. The number of piperidine rings is 1. The number of amides is 1. The minimum Gasteiger partial charge on any atom is -0.400 e. The fourth-order valence-corrected chi connectivity index (χ4v) is 3.42. The van der Waals surface area contributed by atoms with E-state index in [0.29, 0.717) is 13.1 Å². The fourth-order valence-electron chi connectivity index (χ4n) is 3.42. The quantitative estimate of drug-likeness (QED) is 0.611. The number of nitrogens with zero attached hydrogens (tertiary/aromatic N) is 3. The van der Waals surface area contributed by atoms with E-state index in [-0.39, 0.29) is 29.1 Å². The lowest BCUT2D eigenvalue weighted by Crippen LogP contribution is -2.43. The van der Waals surface area contributed by atoms with Crippen molar-refractivity contribution in [1.29, 1.82) is 0 Å². The SMILES string of the molecule is C1CCOCC1.CO.NC1CCN(C(=O)c2cc(Nc3cccc(C(F)(F)F)c3)ncn2)CC1. The van der Waals surface area contributed by atoms with Crippen LogP contribution in [-0.4, -0.2) is 65.3 Å². The minimum absolute atomic E-state index is 0.0996. The van der Waals surface area contributed by atoms with Crippen molar-refractivity contribution in [3.63, 3.8) is 0 Å². The molecule has 0 bridgehead atoms. The average molecular weight is 484 g/mol. The van der Waals surface area contributed by atoms with Crippen molar-refractivity contribution in [3.05, 3.63) is 47.9 Å². The maximum atomic E-state index is 12.8. The molecule has 2 aliphatic rings. The molecule has 2 aromatic rings. The van der Waals surface area contributed by atoms with Gasteiger partial charge in [0.2, 0.25) is 0 Å². The van der Waals surface area contributed by atoms with Gasteiger partial charge in [-0.25, -0.2) is 9.97 Å². The van der Waals surface area contributed by atoms with Crippen LogP contribution in [0.3, 0.4) is 0 Å². The number of aliphatic hydroxyl groups is 1. The van der Waals surface area contributed by atoms with Gasteiger partial charge in [-0.2, -0.15) is 13.2 Å². The van der Waals surface area contributed by atoms with Crippen LogP contribution in [0.4, 0.5) is 24.7 Å². The maximum absolute atomic E-state index is 12.8. The molecule has 1 aromatic carbocycles. The molecular weight excluding hydrogens is 451 g/mol. The molecular formula is C23H32F3N5O3. The van der Waals surface area contributed by atoms with E-state index in [1.54, 1.807) is 4.90 Å². The van der Waals surface area contributed by atoms with Crippen LogP contribution in [0.2, 0.25) is 0 Å². The van der Waals surface area contributed by atoms with Crippen molar-refractivity contribution in [3.8, 4) is 0 Å². The summed E-state index contributed by atoms with van der Waals surface area (Å²) in [6.45, 7) is 3.11. The number of benzene rings is 1. The molecule has 1 aromatic heterocycles. The second kappa shape index (κ2) is 13.8. The lowest BCUT2D eigenvalue weighted by molar-refractivity contribution is -0.137. The van der Waals surface area contributed by atoms with Crippen LogP contribution >= 0.6 is 0 Å². The number of aromatic nitrogens is 2. The van der Waals surface area contributed by atoms with Gasteiger partial charge in [0.15, 0.2) is 0 Å². The predicted molar refractivity (Wildman–Crippen MR) is 123 cm³/mol. The molecule has 2 saturated heterocycles. The lowest BCUT2D eigenvalue weighted by atomic mass is 10.1. The molecule has 3 heterocycles. The predicted octanol–water partition coefficient (Wildman–Crippen LogP) is 3.60. The minimum atomic E-state index is -4.43. The molecule has 0 atom stereocenters. The monoisotopic (exact) mass is 483 g/mol. The molecule has 8 nitrogen and oxygen atoms in total. The normalized spacial score (nSPS) is 16.5. The Morgan fingerprint density at radius 2 is 1.79 bits per heavy atom. The van der Waals surface area contributed by atoms with Gasteiger partial charge in [0.05, 0.1) is 5.56 Å². The number of alkyl halides is 3. The zero-order valence-corrected chi connectivity index (χ0v) is 19.2. The van der Waals surface area contributed by atoms with E-state index in [4.69, 9.17) is 15.6 Å². The summed E-state index contributed by atoms with van der Waals surface area (Å²) in [6, 6.07) is 6.29. The Hall–Kier alpha value is -2.76. The van der Waals surface area contributed by atoms with E-state index in [1.807, 2.05) is 0 Å². The second-order valence-corrected chi connectivity index (χ2v) is 7.79. The van der Waals surface area contributed by atoms with Gasteiger partial charge < -0.3 is 25.8 Å². The van der Waals surface area contributed by atoms with Crippen LogP contribution in [0.15, 0.2) is 36.7 Å². The van der Waals surface area contributed by atoms with Gasteiger partial charge in [-0.05, 0) is 50.3 Å². The van der Waals surface area contributed by atoms with E-state index in [1.165, 1.54) is 43.8 Å². The number of carbonyl (C=O) groups is 1. The van der Waals surface area contributed by atoms with Gasteiger partial charge in [-0.15, -0.1) is 0 Å². The molecule has 0 aliphatic carbocycles. The number of likely N-dealkylation sites (tertiary alicyclic amines) is 1. The Kier molecular flexibility index (Phi) is 11.2. The third kappa shape index (κ3) is 8.88. The van der Waals surface area contributed by atoms with Gasteiger partial charge in [0, 0.05) is 51.2 Å². The zero-order valence-electron chi connectivity index (χ0n) is 19.2. The summed E-state index contributed by atoms with van der Waals surface area (Å²) in [7, 11) is 1.00. The Bertz CT molecular complexity index is 875. The van der Waals surface area contributed by atoms with Gasteiger partial charge in [-0.1, -0.05) is 6.07 Å². The third-order valence-corrected chi connectivity index (χ3v) is 5.25. The number of halogens is 3. The molecule has 0 saturated carbocycles.